The smallest absolute Gasteiger partial charge is 0.0285 e. The van der Waals surface area contributed by atoms with Gasteiger partial charge in [-0.25, -0.2) is 0 Å². The van der Waals surface area contributed by atoms with Gasteiger partial charge in [0.05, 0.1) is 0 Å². The highest BCUT2D eigenvalue weighted by molar-refractivity contribution is 9.10. The molecule has 2 atom stereocenters. The Kier molecular flexibility index (Phi) is 6.62. The van der Waals surface area contributed by atoms with Crippen LogP contribution in [0, 0.1) is 5.92 Å². The van der Waals surface area contributed by atoms with Gasteiger partial charge in [0, 0.05) is 20.8 Å². The molecular formula is C13H22BrNS. The molecular weight excluding hydrogens is 282 g/mol. The molecule has 1 heterocycles. The lowest BCUT2D eigenvalue weighted by molar-refractivity contribution is 0.366. The van der Waals surface area contributed by atoms with E-state index in [0.29, 0.717) is 6.04 Å². The molecule has 0 bridgehead atoms. The lowest BCUT2D eigenvalue weighted by Crippen LogP contribution is -2.37. The maximum atomic E-state index is 3.67. The second-order valence-corrected chi connectivity index (χ2v) is 6.29. The Morgan fingerprint density at radius 3 is 2.69 bits per heavy atom. The molecule has 1 aromatic rings. The predicted octanol–water partition coefficient (Wildman–Crippen LogP) is 4.47. The quantitative estimate of drug-likeness (QED) is 0.784. The molecule has 1 rings (SSSR count). The van der Waals surface area contributed by atoms with Crippen molar-refractivity contribution >= 4 is 27.3 Å². The van der Waals surface area contributed by atoms with Crippen LogP contribution >= 0.6 is 27.3 Å². The number of thiophene rings is 1. The zero-order chi connectivity index (χ0) is 12.0. The third-order valence-corrected chi connectivity index (χ3v) is 4.75. The van der Waals surface area contributed by atoms with Crippen molar-refractivity contribution in [1.82, 2.24) is 5.32 Å². The lowest BCUT2D eigenvalue weighted by Gasteiger charge is -2.23. The first-order chi connectivity index (χ1) is 7.67. The van der Waals surface area contributed by atoms with Crippen LogP contribution in [0.2, 0.25) is 0 Å². The topological polar surface area (TPSA) is 12.0 Å². The standard InChI is InChI=1S/C13H22BrNS/c1-4-6-15-13(10(3)5-2)8-12-7-11(14)9-16-12/h7,9-10,13,15H,4-6,8H2,1-3H3. The van der Waals surface area contributed by atoms with E-state index in [1.165, 1.54) is 22.2 Å². The van der Waals surface area contributed by atoms with Crippen LogP contribution in [0.4, 0.5) is 0 Å². The van der Waals surface area contributed by atoms with Crippen molar-refractivity contribution in [2.24, 2.45) is 5.92 Å². The summed E-state index contributed by atoms with van der Waals surface area (Å²) in [5, 5.41) is 5.84. The Morgan fingerprint density at radius 1 is 1.44 bits per heavy atom. The van der Waals surface area contributed by atoms with Crippen LogP contribution in [0.5, 0.6) is 0 Å². The van der Waals surface area contributed by atoms with E-state index in [-0.39, 0.29) is 0 Å². The lowest BCUT2D eigenvalue weighted by atomic mass is 9.95. The van der Waals surface area contributed by atoms with E-state index < -0.39 is 0 Å². The molecule has 1 aromatic heterocycles. The second kappa shape index (κ2) is 7.46. The number of hydrogen-bond acceptors (Lipinski definition) is 2. The number of hydrogen-bond donors (Lipinski definition) is 1. The van der Waals surface area contributed by atoms with Gasteiger partial charge in [0.25, 0.3) is 0 Å². The van der Waals surface area contributed by atoms with Crippen LogP contribution in [0.25, 0.3) is 0 Å². The Hall–Kier alpha value is 0.140. The summed E-state index contributed by atoms with van der Waals surface area (Å²) in [4.78, 5) is 1.47. The minimum absolute atomic E-state index is 0.621. The van der Waals surface area contributed by atoms with E-state index >= 15 is 0 Å². The molecule has 92 valence electrons. The normalized spacial score (nSPS) is 15.0. The summed E-state index contributed by atoms with van der Waals surface area (Å²) in [7, 11) is 0. The van der Waals surface area contributed by atoms with Crippen LogP contribution in [0.3, 0.4) is 0 Å². The molecule has 0 aliphatic carbocycles. The van der Waals surface area contributed by atoms with Gasteiger partial charge in [0.15, 0.2) is 0 Å². The average molecular weight is 304 g/mol. The van der Waals surface area contributed by atoms with Gasteiger partial charge >= 0.3 is 0 Å². The monoisotopic (exact) mass is 303 g/mol. The van der Waals surface area contributed by atoms with E-state index in [9.17, 15) is 0 Å². The van der Waals surface area contributed by atoms with Crippen LogP contribution in [-0.2, 0) is 6.42 Å². The van der Waals surface area contributed by atoms with Crippen molar-refractivity contribution in [3.05, 3.63) is 20.8 Å². The van der Waals surface area contributed by atoms with Gasteiger partial charge in [-0.1, -0.05) is 27.2 Å². The van der Waals surface area contributed by atoms with Gasteiger partial charge in [-0.15, -0.1) is 11.3 Å². The molecule has 0 aliphatic rings. The SMILES string of the molecule is CCCNC(Cc1cc(Br)cs1)C(C)CC. The van der Waals surface area contributed by atoms with Gasteiger partial charge in [0.2, 0.25) is 0 Å². The van der Waals surface area contributed by atoms with Gasteiger partial charge < -0.3 is 5.32 Å². The van der Waals surface area contributed by atoms with Crippen molar-refractivity contribution in [3.8, 4) is 0 Å². The highest BCUT2D eigenvalue weighted by Gasteiger charge is 2.16. The summed E-state index contributed by atoms with van der Waals surface area (Å²) in [6.45, 7) is 7.97. The third kappa shape index (κ3) is 4.56. The van der Waals surface area contributed by atoms with Crippen molar-refractivity contribution in [2.45, 2.75) is 46.1 Å². The first-order valence-electron chi connectivity index (χ1n) is 6.13. The summed E-state index contributed by atoms with van der Waals surface area (Å²) in [5.74, 6) is 0.743. The molecule has 2 unspecified atom stereocenters. The largest absolute Gasteiger partial charge is 0.313 e. The van der Waals surface area contributed by atoms with Gasteiger partial charge in [-0.3, -0.25) is 0 Å². The maximum Gasteiger partial charge on any atom is 0.0285 e. The maximum absolute atomic E-state index is 3.67. The molecule has 0 spiro atoms. The number of halogens is 1. The van der Waals surface area contributed by atoms with Gasteiger partial charge in [-0.2, -0.15) is 0 Å². The van der Waals surface area contributed by atoms with E-state index in [1.807, 2.05) is 11.3 Å². The van der Waals surface area contributed by atoms with Crippen molar-refractivity contribution < 1.29 is 0 Å². The molecule has 0 radical (unpaired) electrons. The molecule has 1 nitrogen and oxygen atoms in total. The first kappa shape index (κ1) is 14.2. The third-order valence-electron chi connectivity index (χ3n) is 3.03. The fraction of sp³-hybridized carbons (Fsp3) is 0.692. The summed E-state index contributed by atoms with van der Waals surface area (Å²) in [5.41, 5.74) is 0. The van der Waals surface area contributed by atoms with Crippen molar-refractivity contribution in [1.29, 1.82) is 0 Å². The highest BCUT2D eigenvalue weighted by atomic mass is 79.9. The summed E-state index contributed by atoms with van der Waals surface area (Å²) in [6, 6.07) is 2.86. The Bertz CT molecular complexity index is 298. The van der Waals surface area contributed by atoms with Gasteiger partial charge in [-0.05, 0) is 47.3 Å². The van der Waals surface area contributed by atoms with E-state index in [4.69, 9.17) is 0 Å². The molecule has 0 saturated heterocycles. The minimum atomic E-state index is 0.621. The van der Waals surface area contributed by atoms with Crippen LogP contribution in [0.15, 0.2) is 15.9 Å². The highest BCUT2D eigenvalue weighted by Crippen LogP contribution is 2.23. The average Bonchev–Trinajstić information content (AvgIpc) is 2.69. The molecule has 1 N–H and O–H groups in total. The van der Waals surface area contributed by atoms with Crippen molar-refractivity contribution in [3.63, 3.8) is 0 Å². The fourth-order valence-corrected chi connectivity index (χ4v) is 3.28. The van der Waals surface area contributed by atoms with Crippen LogP contribution < -0.4 is 5.32 Å². The summed E-state index contributed by atoms with van der Waals surface area (Å²) < 4.78 is 1.21. The number of nitrogens with one attached hydrogen (secondary N) is 1. The zero-order valence-electron chi connectivity index (χ0n) is 10.4. The van der Waals surface area contributed by atoms with Crippen molar-refractivity contribution in [2.75, 3.05) is 6.54 Å². The van der Waals surface area contributed by atoms with E-state index in [0.717, 1.165) is 18.9 Å². The van der Waals surface area contributed by atoms with Crippen LogP contribution in [0.1, 0.15) is 38.5 Å². The molecule has 0 saturated carbocycles. The molecule has 3 heteroatoms. The zero-order valence-corrected chi connectivity index (χ0v) is 12.8. The van der Waals surface area contributed by atoms with E-state index in [2.05, 4.69) is 53.5 Å². The molecule has 0 amide bonds. The van der Waals surface area contributed by atoms with Gasteiger partial charge in [0.1, 0.15) is 0 Å². The number of rotatable bonds is 7. The molecule has 0 aromatic carbocycles. The Balaban J connectivity index is 2.55. The van der Waals surface area contributed by atoms with Crippen LogP contribution in [-0.4, -0.2) is 12.6 Å². The molecule has 0 fully saturated rings. The molecule has 16 heavy (non-hydrogen) atoms. The first-order valence-corrected chi connectivity index (χ1v) is 7.80. The Morgan fingerprint density at radius 2 is 2.19 bits per heavy atom. The molecule has 0 aliphatic heterocycles. The summed E-state index contributed by atoms with van der Waals surface area (Å²) in [6.07, 6.45) is 3.61. The fourth-order valence-electron chi connectivity index (χ4n) is 1.77. The Labute approximate surface area is 112 Å². The second-order valence-electron chi connectivity index (χ2n) is 4.38. The summed E-state index contributed by atoms with van der Waals surface area (Å²) >= 11 is 5.37. The van der Waals surface area contributed by atoms with E-state index in [1.54, 1.807) is 0 Å². The minimum Gasteiger partial charge on any atom is -0.313 e. The predicted molar refractivity (Wildman–Crippen MR) is 77.3 cm³/mol.